The Labute approximate surface area is 123 Å². The Hall–Kier alpha value is -1.67. The molecule has 0 heterocycles. The molecule has 0 bridgehead atoms. The number of halogens is 1. The van der Waals surface area contributed by atoms with Gasteiger partial charge in [-0.3, -0.25) is 0 Å². The fourth-order valence-electron chi connectivity index (χ4n) is 2.37. The monoisotopic (exact) mass is 315 g/mol. The highest BCUT2D eigenvalue weighted by Crippen LogP contribution is 2.20. The van der Waals surface area contributed by atoms with E-state index in [1.165, 1.54) is 0 Å². The van der Waals surface area contributed by atoms with Crippen molar-refractivity contribution >= 4 is 21.7 Å². The lowest BCUT2D eigenvalue weighted by Crippen LogP contribution is -2.39. The maximum Gasteiger partial charge on any atom is 0.319 e. The summed E-state index contributed by atoms with van der Waals surface area (Å²) < 4.78 is 36.1. The SMILES string of the molecule is NS(=O)(=O)c1ccc(F)c(NC(=O)NC2CCCCC2)c1. The second-order valence-corrected chi connectivity index (χ2v) is 6.68. The Bertz CT molecular complexity index is 628. The summed E-state index contributed by atoms with van der Waals surface area (Å²) >= 11 is 0. The molecule has 0 aromatic heterocycles. The fourth-order valence-corrected chi connectivity index (χ4v) is 2.91. The third-order valence-corrected chi connectivity index (χ3v) is 4.37. The van der Waals surface area contributed by atoms with Gasteiger partial charge in [0, 0.05) is 6.04 Å². The number of amides is 2. The van der Waals surface area contributed by atoms with Gasteiger partial charge in [0.2, 0.25) is 10.0 Å². The van der Waals surface area contributed by atoms with Crippen LogP contribution in [0, 0.1) is 5.82 Å². The van der Waals surface area contributed by atoms with Crippen LogP contribution in [0.5, 0.6) is 0 Å². The summed E-state index contributed by atoms with van der Waals surface area (Å²) in [7, 11) is -3.94. The quantitative estimate of drug-likeness (QED) is 0.794. The van der Waals surface area contributed by atoms with Gasteiger partial charge in [0.15, 0.2) is 0 Å². The maximum atomic E-state index is 13.6. The molecule has 4 N–H and O–H groups in total. The molecule has 1 fully saturated rings. The van der Waals surface area contributed by atoms with Gasteiger partial charge < -0.3 is 10.6 Å². The summed E-state index contributed by atoms with van der Waals surface area (Å²) in [5, 5.41) is 10.1. The van der Waals surface area contributed by atoms with Crippen molar-refractivity contribution in [1.82, 2.24) is 5.32 Å². The third kappa shape index (κ3) is 4.40. The van der Waals surface area contributed by atoms with Crippen LogP contribution in [0.1, 0.15) is 32.1 Å². The van der Waals surface area contributed by atoms with Crippen molar-refractivity contribution in [3.63, 3.8) is 0 Å². The van der Waals surface area contributed by atoms with Gasteiger partial charge in [-0.1, -0.05) is 19.3 Å². The van der Waals surface area contributed by atoms with Gasteiger partial charge in [-0.15, -0.1) is 0 Å². The van der Waals surface area contributed by atoms with E-state index in [0.717, 1.165) is 50.3 Å². The van der Waals surface area contributed by atoms with Crippen molar-refractivity contribution in [2.45, 2.75) is 43.0 Å². The van der Waals surface area contributed by atoms with Crippen LogP contribution in [-0.2, 0) is 10.0 Å². The summed E-state index contributed by atoms with van der Waals surface area (Å²) in [4.78, 5) is 11.6. The highest BCUT2D eigenvalue weighted by Gasteiger charge is 2.17. The van der Waals surface area contributed by atoms with Crippen LogP contribution in [0.2, 0.25) is 0 Å². The molecule has 0 aliphatic heterocycles. The van der Waals surface area contributed by atoms with E-state index in [2.05, 4.69) is 10.6 Å². The number of benzene rings is 1. The minimum Gasteiger partial charge on any atom is -0.335 e. The Balaban J connectivity index is 2.06. The summed E-state index contributed by atoms with van der Waals surface area (Å²) in [5.41, 5.74) is -0.213. The number of nitrogens with one attached hydrogen (secondary N) is 2. The van der Waals surface area contributed by atoms with E-state index in [9.17, 15) is 17.6 Å². The van der Waals surface area contributed by atoms with Crippen molar-refractivity contribution in [2.75, 3.05) is 5.32 Å². The first-order valence-corrected chi connectivity index (χ1v) is 8.31. The Morgan fingerprint density at radius 1 is 1.24 bits per heavy atom. The molecule has 116 valence electrons. The van der Waals surface area contributed by atoms with E-state index in [1.807, 2.05) is 0 Å². The number of sulfonamides is 1. The summed E-state index contributed by atoms with van der Waals surface area (Å²) in [5.74, 6) is -0.721. The standard InChI is InChI=1S/C13H18FN3O3S/c14-11-7-6-10(21(15,19)20)8-12(11)17-13(18)16-9-4-2-1-3-5-9/h6-9H,1-5H2,(H2,15,19,20)(H2,16,17,18). The molecular weight excluding hydrogens is 297 g/mol. The van der Waals surface area contributed by atoms with Crippen molar-refractivity contribution in [1.29, 1.82) is 0 Å². The molecule has 2 rings (SSSR count). The van der Waals surface area contributed by atoms with Crippen LogP contribution < -0.4 is 15.8 Å². The van der Waals surface area contributed by atoms with Crippen LogP contribution in [0.25, 0.3) is 0 Å². The van der Waals surface area contributed by atoms with Gasteiger partial charge in [0.1, 0.15) is 5.82 Å². The topological polar surface area (TPSA) is 101 Å². The molecule has 1 aromatic rings. The first-order valence-electron chi connectivity index (χ1n) is 6.76. The van der Waals surface area contributed by atoms with E-state index >= 15 is 0 Å². The Kier molecular flexibility index (Phi) is 4.79. The summed E-state index contributed by atoms with van der Waals surface area (Å²) in [6.45, 7) is 0. The van der Waals surface area contributed by atoms with Gasteiger partial charge in [0.05, 0.1) is 10.6 Å². The highest BCUT2D eigenvalue weighted by atomic mass is 32.2. The van der Waals surface area contributed by atoms with Crippen molar-refractivity contribution in [3.05, 3.63) is 24.0 Å². The lowest BCUT2D eigenvalue weighted by molar-refractivity contribution is 0.244. The zero-order valence-electron chi connectivity index (χ0n) is 11.4. The normalized spacial score (nSPS) is 16.5. The fraction of sp³-hybridized carbons (Fsp3) is 0.462. The molecule has 1 saturated carbocycles. The maximum absolute atomic E-state index is 13.6. The summed E-state index contributed by atoms with van der Waals surface area (Å²) in [6.07, 6.45) is 5.06. The Morgan fingerprint density at radius 3 is 2.52 bits per heavy atom. The number of carbonyl (C=O) groups is 1. The molecule has 8 heteroatoms. The molecule has 0 unspecified atom stereocenters. The molecule has 0 spiro atoms. The zero-order valence-corrected chi connectivity index (χ0v) is 12.2. The van der Waals surface area contributed by atoms with Gasteiger partial charge in [-0.2, -0.15) is 0 Å². The Morgan fingerprint density at radius 2 is 1.90 bits per heavy atom. The van der Waals surface area contributed by atoms with Crippen LogP contribution in [0.15, 0.2) is 23.1 Å². The molecule has 2 amide bonds. The largest absolute Gasteiger partial charge is 0.335 e. The van der Waals surface area contributed by atoms with Crippen molar-refractivity contribution in [2.24, 2.45) is 5.14 Å². The molecule has 0 radical (unpaired) electrons. The number of anilines is 1. The van der Waals surface area contributed by atoms with Crippen LogP contribution in [0.3, 0.4) is 0 Å². The van der Waals surface area contributed by atoms with Crippen molar-refractivity contribution in [3.8, 4) is 0 Å². The van der Waals surface area contributed by atoms with E-state index in [4.69, 9.17) is 5.14 Å². The first kappa shape index (κ1) is 15.7. The van der Waals surface area contributed by atoms with Crippen molar-refractivity contribution < 1.29 is 17.6 Å². The molecule has 0 atom stereocenters. The van der Waals surface area contributed by atoms with Crippen LogP contribution >= 0.6 is 0 Å². The van der Waals surface area contributed by atoms with E-state index in [-0.39, 0.29) is 16.6 Å². The molecule has 6 nitrogen and oxygen atoms in total. The lowest BCUT2D eigenvalue weighted by Gasteiger charge is -2.23. The predicted molar refractivity (Wildman–Crippen MR) is 76.8 cm³/mol. The number of hydrogen-bond donors (Lipinski definition) is 3. The molecule has 1 aliphatic rings. The minimum atomic E-state index is -3.94. The van der Waals surface area contributed by atoms with Gasteiger partial charge in [0.25, 0.3) is 0 Å². The molecule has 1 aromatic carbocycles. The molecule has 21 heavy (non-hydrogen) atoms. The molecular formula is C13H18FN3O3S. The zero-order chi connectivity index (χ0) is 15.5. The minimum absolute atomic E-state index is 0.0724. The number of primary sulfonamides is 1. The molecule has 0 saturated heterocycles. The predicted octanol–water partition coefficient (Wildman–Crippen LogP) is 1.93. The van der Waals surface area contributed by atoms with Gasteiger partial charge in [-0.25, -0.2) is 22.7 Å². The smallest absolute Gasteiger partial charge is 0.319 e. The number of urea groups is 1. The average molecular weight is 315 g/mol. The number of rotatable bonds is 3. The average Bonchev–Trinajstić information content (AvgIpc) is 2.41. The second kappa shape index (κ2) is 6.40. The van der Waals surface area contributed by atoms with E-state index < -0.39 is 21.9 Å². The lowest BCUT2D eigenvalue weighted by atomic mass is 9.96. The molecule has 1 aliphatic carbocycles. The second-order valence-electron chi connectivity index (χ2n) is 5.12. The van der Waals surface area contributed by atoms with E-state index in [1.54, 1.807) is 0 Å². The number of carbonyl (C=O) groups excluding carboxylic acids is 1. The number of hydrogen-bond acceptors (Lipinski definition) is 3. The third-order valence-electron chi connectivity index (χ3n) is 3.45. The van der Waals surface area contributed by atoms with Crippen LogP contribution in [0.4, 0.5) is 14.9 Å². The van der Waals surface area contributed by atoms with Gasteiger partial charge in [-0.05, 0) is 31.0 Å². The summed E-state index contributed by atoms with van der Waals surface area (Å²) in [6, 6.07) is 2.53. The van der Waals surface area contributed by atoms with E-state index in [0.29, 0.717) is 0 Å². The van der Waals surface area contributed by atoms with Gasteiger partial charge >= 0.3 is 6.03 Å². The highest BCUT2D eigenvalue weighted by molar-refractivity contribution is 7.89. The first-order chi connectivity index (χ1) is 9.86. The number of nitrogens with two attached hydrogens (primary N) is 1. The van der Waals surface area contributed by atoms with Crippen LogP contribution in [-0.4, -0.2) is 20.5 Å².